The number of anilines is 2. The van der Waals surface area contributed by atoms with E-state index >= 15 is 0 Å². The smallest absolute Gasteiger partial charge is 0.337 e. The topological polar surface area (TPSA) is 75.8 Å². The van der Waals surface area contributed by atoms with Crippen LogP contribution in [0.3, 0.4) is 0 Å². The molecule has 0 saturated carbocycles. The minimum Gasteiger partial charge on any atom is -0.465 e. The average Bonchev–Trinajstić information content (AvgIpc) is 2.37. The summed E-state index contributed by atoms with van der Waals surface area (Å²) < 4.78 is 4.64. The van der Waals surface area contributed by atoms with Gasteiger partial charge in [0, 0.05) is 13.1 Å². The number of esters is 1. The Balaban J connectivity index is 2.98. The molecular formula is C13H20N2O3. The maximum Gasteiger partial charge on any atom is 0.337 e. The first kappa shape index (κ1) is 14.3. The largest absolute Gasteiger partial charge is 0.465 e. The molecule has 0 aliphatic rings. The fraction of sp³-hybridized carbons (Fsp3) is 0.462. The molecule has 0 aliphatic heterocycles. The van der Waals surface area contributed by atoms with Crippen LogP contribution in [0.15, 0.2) is 18.2 Å². The van der Waals surface area contributed by atoms with Gasteiger partial charge < -0.3 is 20.5 Å². The van der Waals surface area contributed by atoms with E-state index < -0.39 is 5.97 Å². The first-order chi connectivity index (χ1) is 8.63. The summed E-state index contributed by atoms with van der Waals surface area (Å²) in [6, 6.07) is 5.06. The summed E-state index contributed by atoms with van der Waals surface area (Å²) in [5.41, 5.74) is 7.72. The molecule has 1 aromatic carbocycles. The minimum absolute atomic E-state index is 0.0677. The molecule has 0 saturated heterocycles. The first-order valence-corrected chi connectivity index (χ1v) is 5.97. The molecule has 0 spiro atoms. The molecule has 1 rings (SSSR count). The Morgan fingerprint density at radius 3 is 2.67 bits per heavy atom. The number of nitrogens with zero attached hydrogens (tertiary/aromatic N) is 1. The van der Waals surface area contributed by atoms with Crippen molar-refractivity contribution in [1.82, 2.24) is 0 Å². The van der Waals surface area contributed by atoms with Crippen LogP contribution in [0.1, 0.15) is 23.7 Å². The third kappa shape index (κ3) is 3.37. The van der Waals surface area contributed by atoms with Crippen molar-refractivity contribution in [2.75, 3.05) is 37.4 Å². The number of carbonyl (C=O) groups excluding carboxylic acids is 1. The molecular weight excluding hydrogens is 232 g/mol. The predicted molar refractivity (Wildman–Crippen MR) is 71.8 cm³/mol. The highest BCUT2D eigenvalue weighted by atomic mass is 16.5. The van der Waals surface area contributed by atoms with Gasteiger partial charge >= 0.3 is 5.97 Å². The number of aliphatic hydroxyl groups is 1. The summed E-state index contributed by atoms with van der Waals surface area (Å²) in [5.74, 6) is -0.405. The number of hydrogen-bond acceptors (Lipinski definition) is 5. The Morgan fingerprint density at radius 2 is 2.17 bits per heavy atom. The Kier molecular flexibility index (Phi) is 5.45. The van der Waals surface area contributed by atoms with Crippen molar-refractivity contribution in [2.45, 2.75) is 13.3 Å². The maximum absolute atomic E-state index is 11.4. The lowest BCUT2D eigenvalue weighted by atomic mass is 10.1. The van der Waals surface area contributed by atoms with Crippen LogP contribution in [0.25, 0.3) is 0 Å². The van der Waals surface area contributed by atoms with Crippen LogP contribution >= 0.6 is 0 Å². The number of carbonyl (C=O) groups is 1. The van der Waals surface area contributed by atoms with Gasteiger partial charge in [0.25, 0.3) is 0 Å². The zero-order valence-electron chi connectivity index (χ0n) is 10.8. The van der Waals surface area contributed by atoms with Crippen LogP contribution in [-0.2, 0) is 4.74 Å². The van der Waals surface area contributed by atoms with E-state index in [2.05, 4.69) is 11.7 Å². The average molecular weight is 252 g/mol. The van der Waals surface area contributed by atoms with Gasteiger partial charge in [0.2, 0.25) is 0 Å². The molecule has 0 fully saturated rings. The lowest BCUT2D eigenvalue weighted by molar-refractivity contribution is 0.0601. The second-order valence-corrected chi connectivity index (χ2v) is 3.98. The standard InChI is InChI=1S/C13H20N2O3/c1-3-6-15(7-8-16)12-5-4-10(9-11(12)14)13(17)18-2/h4-5,9,16H,3,6-8,14H2,1-2H3. The van der Waals surface area contributed by atoms with Crippen LogP contribution in [0.2, 0.25) is 0 Å². The zero-order chi connectivity index (χ0) is 13.5. The molecule has 18 heavy (non-hydrogen) atoms. The van der Waals surface area contributed by atoms with Gasteiger partial charge in [-0.1, -0.05) is 6.92 Å². The molecule has 0 heterocycles. The van der Waals surface area contributed by atoms with E-state index in [-0.39, 0.29) is 6.61 Å². The van der Waals surface area contributed by atoms with E-state index in [1.54, 1.807) is 18.2 Å². The number of nitrogens with two attached hydrogens (primary N) is 1. The van der Waals surface area contributed by atoms with Crippen LogP contribution in [0.4, 0.5) is 11.4 Å². The normalized spacial score (nSPS) is 10.2. The number of nitrogen functional groups attached to an aromatic ring is 1. The SMILES string of the molecule is CCCN(CCO)c1ccc(C(=O)OC)cc1N. The van der Waals surface area contributed by atoms with Crippen molar-refractivity contribution < 1.29 is 14.6 Å². The van der Waals surface area contributed by atoms with Gasteiger partial charge in [-0.25, -0.2) is 4.79 Å². The molecule has 100 valence electrons. The van der Waals surface area contributed by atoms with E-state index in [9.17, 15) is 4.79 Å². The molecule has 0 radical (unpaired) electrons. The highest BCUT2D eigenvalue weighted by molar-refractivity contribution is 5.91. The summed E-state index contributed by atoms with van der Waals surface area (Å²) in [7, 11) is 1.33. The van der Waals surface area contributed by atoms with Gasteiger partial charge in [-0.05, 0) is 24.6 Å². The molecule has 0 unspecified atom stereocenters. The number of aliphatic hydroxyl groups excluding tert-OH is 1. The molecule has 1 aromatic rings. The van der Waals surface area contributed by atoms with Crippen LogP contribution in [0.5, 0.6) is 0 Å². The lowest BCUT2D eigenvalue weighted by Gasteiger charge is -2.25. The summed E-state index contributed by atoms with van der Waals surface area (Å²) in [6.45, 7) is 3.46. The van der Waals surface area contributed by atoms with Crippen molar-refractivity contribution in [2.24, 2.45) is 0 Å². The Labute approximate surface area is 107 Å². The Morgan fingerprint density at radius 1 is 1.44 bits per heavy atom. The lowest BCUT2D eigenvalue weighted by Crippen LogP contribution is -2.28. The van der Waals surface area contributed by atoms with Crippen molar-refractivity contribution in [3.8, 4) is 0 Å². The molecule has 5 nitrogen and oxygen atoms in total. The highest BCUT2D eigenvalue weighted by Crippen LogP contribution is 2.24. The van der Waals surface area contributed by atoms with E-state index in [1.807, 2.05) is 4.90 Å². The van der Waals surface area contributed by atoms with E-state index in [0.717, 1.165) is 18.7 Å². The van der Waals surface area contributed by atoms with Gasteiger partial charge in [-0.3, -0.25) is 0 Å². The third-order valence-corrected chi connectivity index (χ3v) is 2.65. The van der Waals surface area contributed by atoms with Gasteiger partial charge in [0.15, 0.2) is 0 Å². The first-order valence-electron chi connectivity index (χ1n) is 5.97. The summed E-state index contributed by atoms with van der Waals surface area (Å²) in [4.78, 5) is 13.4. The zero-order valence-corrected chi connectivity index (χ0v) is 10.8. The molecule has 3 N–H and O–H groups in total. The molecule has 0 amide bonds. The van der Waals surface area contributed by atoms with Gasteiger partial charge in [0.05, 0.1) is 30.7 Å². The summed E-state index contributed by atoms with van der Waals surface area (Å²) >= 11 is 0. The molecule has 0 bridgehead atoms. The second-order valence-electron chi connectivity index (χ2n) is 3.98. The molecule has 0 atom stereocenters. The number of benzene rings is 1. The summed E-state index contributed by atoms with van der Waals surface area (Å²) in [6.07, 6.45) is 0.957. The minimum atomic E-state index is -0.405. The fourth-order valence-electron chi connectivity index (χ4n) is 1.83. The number of rotatable bonds is 6. The van der Waals surface area contributed by atoms with Crippen LogP contribution in [0, 0.1) is 0 Å². The molecule has 0 aliphatic carbocycles. The molecule has 0 aromatic heterocycles. The number of ether oxygens (including phenoxy) is 1. The Bertz CT molecular complexity index is 401. The fourth-order valence-corrected chi connectivity index (χ4v) is 1.83. The summed E-state index contributed by atoms with van der Waals surface area (Å²) in [5, 5.41) is 9.04. The van der Waals surface area contributed by atoms with Crippen molar-refractivity contribution in [3.63, 3.8) is 0 Å². The second kappa shape index (κ2) is 6.86. The van der Waals surface area contributed by atoms with Crippen molar-refractivity contribution in [1.29, 1.82) is 0 Å². The van der Waals surface area contributed by atoms with Gasteiger partial charge in [-0.2, -0.15) is 0 Å². The maximum atomic E-state index is 11.4. The van der Waals surface area contributed by atoms with E-state index in [1.165, 1.54) is 7.11 Å². The van der Waals surface area contributed by atoms with Crippen LogP contribution in [-0.4, -0.2) is 37.9 Å². The Hall–Kier alpha value is -1.75. The number of methoxy groups -OCH3 is 1. The predicted octanol–water partition coefficient (Wildman–Crippen LogP) is 1.26. The van der Waals surface area contributed by atoms with Crippen molar-refractivity contribution >= 4 is 17.3 Å². The van der Waals surface area contributed by atoms with E-state index in [0.29, 0.717) is 17.8 Å². The van der Waals surface area contributed by atoms with E-state index in [4.69, 9.17) is 10.8 Å². The quantitative estimate of drug-likeness (QED) is 0.589. The monoisotopic (exact) mass is 252 g/mol. The molecule has 5 heteroatoms. The van der Waals surface area contributed by atoms with Crippen LogP contribution < -0.4 is 10.6 Å². The number of hydrogen-bond donors (Lipinski definition) is 2. The van der Waals surface area contributed by atoms with Crippen molar-refractivity contribution in [3.05, 3.63) is 23.8 Å². The van der Waals surface area contributed by atoms with Gasteiger partial charge in [0.1, 0.15) is 0 Å². The highest BCUT2D eigenvalue weighted by Gasteiger charge is 2.12. The third-order valence-electron chi connectivity index (χ3n) is 2.65. The van der Waals surface area contributed by atoms with Gasteiger partial charge in [-0.15, -0.1) is 0 Å².